The van der Waals surface area contributed by atoms with E-state index in [1.54, 1.807) is 5.57 Å². The molecule has 0 aromatic heterocycles. The maximum Gasteiger partial charge on any atom is 0.407 e. The smallest absolute Gasteiger partial charge is 0.407 e. The van der Waals surface area contributed by atoms with Gasteiger partial charge in [0.25, 0.3) is 0 Å². The Balaban J connectivity index is 1.07. The van der Waals surface area contributed by atoms with Crippen LogP contribution in [0.5, 0.6) is 0 Å². The van der Waals surface area contributed by atoms with Crippen LogP contribution >= 0.6 is 0 Å². The minimum absolute atomic E-state index is 0.0319. The van der Waals surface area contributed by atoms with Gasteiger partial charge in [-0.1, -0.05) is 130 Å². The Labute approximate surface area is 314 Å². The van der Waals surface area contributed by atoms with Gasteiger partial charge in [0.15, 0.2) is 0 Å². The van der Waals surface area contributed by atoms with Crippen molar-refractivity contribution in [3.05, 3.63) is 11.6 Å². The van der Waals surface area contributed by atoms with Gasteiger partial charge in [-0.05, 0) is 97.7 Å². The molecule has 0 aromatic carbocycles. The zero-order chi connectivity index (χ0) is 36.7. The van der Waals surface area contributed by atoms with Gasteiger partial charge in [0.1, 0.15) is 6.10 Å². The lowest BCUT2D eigenvalue weighted by atomic mass is 9.47. The standard InChI is InChI=1S/C45H80N2O4/c1-7-8-9-10-11-12-13-14-15-16-32-50-42(48)26-29-46-30-31-47-43(49)51-37-24-27-44(5)36(33-37)20-21-38-40-23-22-39(35(4)19-17-18-34(2)3)45(40,6)28-25-41(38)44/h20,34-35,37-41,46H,7-19,21-33H2,1-6H3,(H,47,49)/t35-,37+,38+,39-,40?,41+,44+,45-/m1/s1. The maximum atomic E-state index is 12.7. The fourth-order valence-electron chi connectivity index (χ4n) is 11.4. The molecular formula is C45H80N2O4. The van der Waals surface area contributed by atoms with Crippen molar-refractivity contribution >= 4 is 12.1 Å². The minimum Gasteiger partial charge on any atom is -0.466 e. The summed E-state index contributed by atoms with van der Waals surface area (Å²) in [7, 11) is 0. The molecule has 0 heterocycles. The van der Waals surface area contributed by atoms with Gasteiger partial charge in [0.2, 0.25) is 0 Å². The van der Waals surface area contributed by atoms with Gasteiger partial charge in [-0.2, -0.15) is 0 Å². The number of nitrogens with one attached hydrogen (secondary N) is 2. The van der Waals surface area contributed by atoms with Gasteiger partial charge in [-0.25, -0.2) is 4.79 Å². The van der Waals surface area contributed by atoms with Crippen LogP contribution in [0.1, 0.15) is 183 Å². The first-order valence-electron chi connectivity index (χ1n) is 22.1. The molecule has 294 valence electrons. The number of ether oxygens (including phenoxy) is 2. The second kappa shape index (κ2) is 21.4. The number of carbonyl (C=O) groups excluding carboxylic acids is 2. The Bertz CT molecular complexity index is 1070. The van der Waals surface area contributed by atoms with E-state index in [0.29, 0.717) is 38.1 Å². The molecule has 0 radical (unpaired) electrons. The fraction of sp³-hybridized carbons (Fsp3) is 0.911. The highest BCUT2D eigenvalue weighted by molar-refractivity contribution is 5.69. The lowest BCUT2D eigenvalue weighted by molar-refractivity contribution is -0.143. The number of carbonyl (C=O) groups is 2. The summed E-state index contributed by atoms with van der Waals surface area (Å²) in [6, 6.07) is 0. The molecule has 0 aromatic rings. The monoisotopic (exact) mass is 713 g/mol. The first kappa shape index (κ1) is 42.2. The van der Waals surface area contributed by atoms with Gasteiger partial charge < -0.3 is 20.1 Å². The number of hydrogen-bond donors (Lipinski definition) is 2. The van der Waals surface area contributed by atoms with Gasteiger partial charge in [0.05, 0.1) is 13.0 Å². The van der Waals surface area contributed by atoms with Crippen molar-refractivity contribution in [1.29, 1.82) is 0 Å². The largest absolute Gasteiger partial charge is 0.466 e. The first-order chi connectivity index (χ1) is 24.6. The Morgan fingerprint density at radius 3 is 2.27 bits per heavy atom. The van der Waals surface area contributed by atoms with E-state index < -0.39 is 0 Å². The van der Waals surface area contributed by atoms with Crippen molar-refractivity contribution in [1.82, 2.24) is 10.6 Å². The molecule has 1 amide bonds. The number of rotatable bonds is 23. The highest BCUT2D eigenvalue weighted by Crippen LogP contribution is 2.67. The third-order valence-electron chi connectivity index (χ3n) is 14.4. The van der Waals surface area contributed by atoms with Crippen LogP contribution in [0.15, 0.2) is 11.6 Å². The normalized spacial score (nSPS) is 30.6. The van der Waals surface area contributed by atoms with Crippen LogP contribution in [0.25, 0.3) is 0 Å². The van der Waals surface area contributed by atoms with E-state index in [9.17, 15) is 9.59 Å². The van der Waals surface area contributed by atoms with Crippen molar-refractivity contribution < 1.29 is 19.1 Å². The van der Waals surface area contributed by atoms with Crippen LogP contribution in [-0.2, 0) is 14.3 Å². The molecule has 4 aliphatic rings. The third-order valence-corrected chi connectivity index (χ3v) is 14.4. The summed E-state index contributed by atoms with van der Waals surface area (Å²) >= 11 is 0. The van der Waals surface area contributed by atoms with E-state index in [1.807, 2.05) is 0 Å². The van der Waals surface area contributed by atoms with Crippen LogP contribution in [0, 0.1) is 46.3 Å². The maximum absolute atomic E-state index is 12.7. The highest BCUT2D eigenvalue weighted by atomic mass is 16.6. The Kier molecular flexibility index (Phi) is 17.7. The van der Waals surface area contributed by atoms with Crippen LogP contribution in [-0.4, -0.2) is 44.4 Å². The summed E-state index contributed by atoms with van der Waals surface area (Å²) in [6.45, 7) is 17.0. The lowest BCUT2D eigenvalue weighted by Gasteiger charge is -2.58. The molecule has 0 bridgehead atoms. The van der Waals surface area contributed by atoms with E-state index in [4.69, 9.17) is 9.47 Å². The molecule has 0 saturated heterocycles. The van der Waals surface area contributed by atoms with Crippen molar-refractivity contribution in [3.8, 4) is 0 Å². The van der Waals surface area contributed by atoms with Crippen molar-refractivity contribution in [3.63, 3.8) is 0 Å². The second-order valence-electron chi connectivity index (χ2n) is 18.4. The Hall–Kier alpha value is -1.56. The molecule has 0 spiro atoms. The zero-order valence-corrected chi connectivity index (χ0v) is 34.1. The number of alkyl carbamates (subject to hydrolysis) is 1. The number of unbranched alkanes of at least 4 members (excludes halogenated alkanes) is 9. The van der Waals surface area contributed by atoms with E-state index >= 15 is 0 Å². The van der Waals surface area contributed by atoms with Gasteiger partial charge in [-0.3, -0.25) is 4.79 Å². The summed E-state index contributed by atoms with van der Waals surface area (Å²) in [5, 5.41) is 6.17. The van der Waals surface area contributed by atoms with Gasteiger partial charge in [-0.15, -0.1) is 0 Å². The summed E-state index contributed by atoms with van der Waals surface area (Å²) in [4.78, 5) is 24.8. The molecule has 3 fully saturated rings. The van der Waals surface area contributed by atoms with E-state index in [0.717, 1.165) is 67.6 Å². The highest BCUT2D eigenvalue weighted by Gasteiger charge is 2.59. The number of hydrogen-bond acceptors (Lipinski definition) is 5. The summed E-state index contributed by atoms with van der Waals surface area (Å²) in [5.74, 6) is 4.90. The molecule has 4 rings (SSSR count). The fourth-order valence-corrected chi connectivity index (χ4v) is 11.4. The topological polar surface area (TPSA) is 76.7 Å². The number of esters is 1. The number of fused-ring (bicyclic) bond motifs is 5. The third kappa shape index (κ3) is 12.2. The Morgan fingerprint density at radius 1 is 0.824 bits per heavy atom. The van der Waals surface area contributed by atoms with Gasteiger partial charge >= 0.3 is 12.1 Å². The Morgan fingerprint density at radius 2 is 1.55 bits per heavy atom. The molecule has 1 unspecified atom stereocenters. The number of allylic oxidation sites excluding steroid dienone is 1. The van der Waals surface area contributed by atoms with Crippen LogP contribution < -0.4 is 10.6 Å². The molecule has 4 aliphatic carbocycles. The average Bonchev–Trinajstić information content (AvgIpc) is 3.46. The molecule has 6 heteroatoms. The van der Waals surface area contributed by atoms with Crippen LogP contribution in [0.3, 0.4) is 0 Å². The molecular weight excluding hydrogens is 633 g/mol. The SMILES string of the molecule is CCCCCCCCCCCCOC(=O)CCNCCNC(=O)O[C@H]1CC[C@@]2(C)C(=CC[C@H]3C4CC[C@H]([C@H](C)CCCC(C)C)[C@@]4(C)CC[C@@H]32)C1. The molecule has 3 saturated carbocycles. The van der Waals surface area contributed by atoms with Crippen molar-refractivity contribution in [2.45, 2.75) is 189 Å². The van der Waals surface area contributed by atoms with E-state index in [1.165, 1.54) is 103 Å². The zero-order valence-electron chi connectivity index (χ0n) is 34.1. The average molecular weight is 713 g/mol. The quantitative estimate of drug-likeness (QED) is 0.0626. The predicted molar refractivity (Wildman–Crippen MR) is 212 cm³/mol. The van der Waals surface area contributed by atoms with Crippen LogP contribution in [0.4, 0.5) is 4.79 Å². The molecule has 51 heavy (non-hydrogen) atoms. The molecule has 2 N–H and O–H groups in total. The van der Waals surface area contributed by atoms with Gasteiger partial charge in [0, 0.05) is 26.1 Å². The number of amides is 1. The predicted octanol–water partition coefficient (Wildman–Crippen LogP) is 11.6. The van der Waals surface area contributed by atoms with E-state index in [-0.39, 0.29) is 23.6 Å². The van der Waals surface area contributed by atoms with Crippen LogP contribution in [0.2, 0.25) is 0 Å². The molecule has 8 atom stereocenters. The van der Waals surface area contributed by atoms with Crippen molar-refractivity contribution in [2.24, 2.45) is 46.3 Å². The summed E-state index contributed by atoms with van der Waals surface area (Å²) < 4.78 is 11.3. The van der Waals surface area contributed by atoms with Crippen molar-refractivity contribution in [2.75, 3.05) is 26.2 Å². The molecule has 0 aliphatic heterocycles. The lowest BCUT2D eigenvalue weighted by Crippen LogP contribution is -2.51. The minimum atomic E-state index is -0.316. The van der Waals surface area contributed by atoms with E-state index in [2.05, 4.69) is 58.3 Å². The first-order valence-corrected chi connectivity index (χ1v) is 22.1. The molecule has 6 nitrogen and oxygen atoms in total. The second-order valence-corrected chi connectivity index (χ2v) is 18.4. The summed E-state index contributed by atoms with van der Waals surface area (Å²) in [5.41, 5.74) is 2.35. The summed E-state index contributed by atoms with van der Waals surface area (Å²) in [6.07, 6.45) is 29.4.